The molecule has 4 nitrogen and oxygen atoms in total. The molecule has 0 aromatic carbocycles. The second kappa shape index (κ2) is 4.74. The van der Waals surface area contributed by atoms with Crippen LogP contribution in [0.3, 0.4) is 0 Å². The highest BCUT2D eigenvalue weighted by atomic mass is 32.1. The van der Waals surface area contributed by atoms with Gasteiger partial charge in [0.25, 0.3) is 5.91 Å². The third kappa shape index (κ3) is 4.09. The standard InChI is InChI=1S/C12H21N3OS/c1-11(2,3)9-8(17-7-15-9)10(16)14-6-12(4,5)13/h7H,6,13H2,1-5H3,(H,14,16). The molecule has 17 heavy (non-hydrogen) atoms. The van der Waals surface area contributed by atoms with Crippen LogP contribution < -0.4 is 11.1 Å². The highest BCUT2D eigenvalue weighted by molar-refractivity contribution is 7.11. The van der Waals surface area contributed by atoms with Gasteiger partial charge in [-0.2, -0.15) is 0 Å². The van der Waals surface area contributed by atoms with Gasteiger partial charge in [0.05, 0.1) is 11.2 Å². The van der Waals surface area contributed by atoms with Gasteiger partial charge in [-0.1, -0.05) is 20.8 Å². The van der Waals surface area contributed by atoms with Crippen LogP contribution in [0.5, 0.6) is 0 Å². The van der Waals surface area contributed by atoms with Crippen molar-refractivity contribution in [3.05, 3.63) is 16.1 Å². The lowest BCUT2D eigenvalue weighted by Crippen LogP contribution is -2.45. The van der Waals surface area contributed by atoms with Gasteiger partial charge in [0, 0.05) is 17.5 Å². The molecule has 1 aromatic heterocycles. The second-order valence-corrected chi connectivity index (χ2v) is 6.81. The zero-order valence-electron chi connectivity index (χ0n) is 11.1. The van der Waals surface area contributed by atoms with Crippen molar-refractivity contribution < 1.29 is 4.79 Å². The Bertz CT molecular complexity index is 399. The Morgan fingerprint density at radius 2 is 2.00 bits per heavy atom. The molecule has 0 saturated carbocycles. The summed E-state index contributed by atoms with van der Waals surface area (Å²) in [7, 11) is 0. The van der Waals surface area contributed by atoms with E-state index in [-0.39, 0.29) is 11.3 Å². The maximum absolute atomic E-state index is 12.0. The van der Waals surface area contributed by atoms with Crippen LogP contribution in [0.2, 0.25) is 0 Å². The molecule has 5 heteroatoms. The summed E-state index contributed by atoms with van der Waals surface area (Å²) in [5, 5.41) is 2.84. The largest absolute Gasteiger partial charge is 0.349 e. The Morgan fingerprint density at radius 1 is 1.41 bits per heavy atom. The Hall–Kier alpha value is -0.940. The molecule has 0 atom stereocenters. The minimum absolute atomic E-state index is 0.0871. The van der Waals surface area contributed by atoms with Crippen LogP contribution in [0.4, 0.5) is 0 Å². The Kier molecular flexibility index (Phi) is 3.94. The zero-order chi connectivity index (χ0) is 13.3. The van der Waals surface area contributed by atoms with Crippen LogP contribution in [0.1, 0.15) is 50.0 Å². The Morgan fingerprint density at radius 3 is 2.47 bits per heavy atom. The van der Waals surface area contributed by atoms with Crippen LogP contribution in [-0.4, -0.2) is 23.0 Å². The third-order valence-electron chi connectivity index (χ3n) is 2.19. The Labute approximate surface area is 107 Å². The lowest BCUT2D eigenvalue weighted by molar-refractivity contribution is 0.0947. The number of thiazole rings is 1. The number of nitrogens with one attached hydrogen (secondary N) is 1. The summed E-state index contributed by atoms with van der Waals surface area (Å²) >= 11 is 1.37. The molecule has 96 valence electrons. The maximum Gasteiger partial charge on any atom is 0.263 e. The minimum Gasteiger partial charge on any atom is -0.349 e. The molecule has 0 radical (unpaired) electrons. The molecule has 0 spiro atoms. The maximum atomic E-state index is 12.0. The summed E-state index contributed by atoms with van der Waals surface area (Å²) in [6.45, 7) is 10.4. The molecule has 1 heterocycles. The molecule has 0 bridgehead atoms. The van der Waals surface area contributed by atoms with Crippen molar-refractivity contribution in [2.24, 2.45) is 5.73 Å². The van der Waals surface area contributed by atoms with Crippen molar-refractivity contribution >= 4 is 17.2 Å². The molecule has 1 aromatic rings. The molecule has 1 amide bonds. The third-order valence-corrected chi connectivity index (χ3v) is 3.01. The lowest BCUT2D eigenvalue weighted by Gasteiger charge is -2.20. The van der Waals surface area contributed by atoms with Crippen molar-refractivity contribution in [3.8, 4) is 0 Å². The van der Waals surface area contributed by atoms with E-state index in [0.29, 0.717) is 11.4 Å². The Balaban J connectivity index is 2.81. The predicted molar refractivity (Wildman–Crippen MR) is 71.4 cm³/mol. The van der Waals surface area contributed by atoms with E-state index in [4.69, 9.17) is 5.73 Å². The summed E-state index contributed by atoms with van der Waals surface area (Å²) < 4.78 is 0. The normalized spacial score (nSPS) is 12.6. The number of hydrogen-bond acceptors (Lipinski definition) is 4. The molecular formula is C12H21N3OS. The van der Waals surface area contributed by atoms with E-state index >= 15 is 0 Å². The molecule has 0 fully saturated rings. The van der Waals surface area contributed by atoms with Crippen LogP contribution in [-0.2, 0) is 5.41 Å². The monoisotopic (exact) mass is 255 g/mol. The number of aromatic nitrogens is 1. The number of hydrogen-bond donors (Lipinski definition) is 2. The van der Waals surface area contributed by atoms with E-state index in [9.17, 15) is 4.79 Å². The van der Waals surface area contributed by atoms with E-state index in [0.717, 1.165) is 5.69 Å². The lowest BCUT2D eigenvalue weighted by atomic mass is 9.91. The van der Waals surface area contributed by atoms with Crippen LogP contribution in [0, 0.1) is 0 Å². The summed E-state index contributed by atoms with van der Waals surface area (Å²) in [5.41, 5.74) is 7.87. The van der Waals surface area contributed by atoms with Crippen molar-refractivity contribution in [1.82, 2.24) is 10.3 Å². The van der Waals surface area contributed by atoms with E-state index in [1.807, 2.05) is 34.6 Å². The van der Waals surface area contributed by atoms with E-state index < -0.39 is 5.54 Å². The summed E-state index contributed by atoms with van der Waals surface area (Å²) in [6.07, 6.45) is 0. The highest BCUT2D eigenvalue weighted by Gasteiger charge is 2.25. The highest BCUT2D eigenvalue weighted by Crippen LogP contribution is 2.26. The molecule has 0 unspecified atom stereocenters. The minimum atomic E-state index is -0.401. The SMILES string of the molecule is CC(C)(N)CNC(=O)c1scnc1C(C)(C)C. The summed E-state index contributed by atoms with van der Waals surface area (Å²) in [5.74, 6) is -0.0871. The molecule has 0 aliphatic rings. The first-order valence-corrected chi connectivity index (χ1v) is 6.50. The number of rotatable bonds is 3. The molecule has 1 rings (SSSR count). The number of nitrogens with zero attached hydrogens (tertiary/aromatic N) is 1. The molecule has 0 saturated heterocycles. The van der Waals surface area contributed by atoms with Gasteiger partial charge in [-0.05, 0) is 13.8 Å². The summed E-state index contributed by atoms with van der Waals surface area (Å²) in [6, 6.07) is 0. The van der Waals surface area contributed by atoms with Gasteiger partial charge in [0.15, 0.2) is 0 Å². The van der Waals surface area contributed by atoms with Crippen LogP contribution in [0.25, 0.3) is 0 Å². The smallest absolute Gasteiger partial charge is 0.263 e. The van der Waals surface area contributed by atoms with Crippen molar-refractivity contribution in [1.29, 1.82) is 0 Å². The van der Waals surface area contributed by atoms with E-state index in [1.165, 1.54) is 11.3 Å². The van der Waals surface area contributed by atoms with Crippen LogP contribution in [0.15, 0.2) is 5.51 Å². The van der Waals surface area contributed by atoms with Gasteiger partial charge in [0.2, 0.25) is 0 Å². The zero-order valence-corrected chi connectivity index (χ0v) is 11.9. The number of amides is 1. The average Bonchev–Trinajstić information content (AvgIpc) is 2.60. The molecule has 0 aliphatic heterocycles. The van der Waals surface area contributed by atoms with E-state index in [2.05, 4.69) is 10.3 Å². The van der Waals surface area contributed by atoms with Crippen molar-refractivity contribution in [3.63, 3.8) is 0 Å². The first-order valence-electron chi connectivity index (χ1n) is 5.62. The van der Waals surface area contributed by atoms with Gasteiger partial charge in [-0.3, -0.25) is 4.79 Å². The number of nitrogens with two attached hydrogens (primary N) is 1. The van der Waals surface area contributed by atoms with Gasteiger partial charge < -0.3 is 11.1 Å². The van der Waals surface area contributed by atoms with Gasteiger partial charge in [-0.25, -0.2) is 4.98 Å². The predicted octanol–water partition coefficient (Wildman–Crippen LogP) is 1.91. The van der Waals surface area contributed by atoms with Gasteiger partial charge in [0.1, 0.15) is 4.88 Å². The first kappa shape index (κ1) is 14.1. The fourth-order valence-electron chi connectivity index (χ4n) is 1.33. The fraction of sp³-hybridized carbons (Fsp3) is 0.667. The topological polar surface area (TPSA) is 68.0 Å². The van der Waals surface area contributed by atoms with Crippen LogP contribution >= 0.6 is 11.3 Å². The number of carbonyl (C=O) groups is 1. The van der Waals surface area contributed by atoms with E-state index in [1.54, 1.807) is 5.51 Å². The van der Waals surface area contributed by atoms with Crippen molar-refractivity contribution in [2.75, 3.05) is 6.54 Å². The average molecular weight is 255 g/mol. The van der Waals surface area contributed by atoms with Gasteiger partial charge >= 0.3 is 0 Å². The molecular weight excluding hydrogens is 234 g/mol. The second-order valence-electron chi connectivity index (χ2n) is 5.95. The molecule has 3 N–H and O–H groups in total. The molecule has 0 aliphatic carbocycles. The summed E-state index contributed by atoms with van der Waals surface area (Å²) in [4.78, 5) is 17.0. The van der Waals surface area contributed by atoms with Crippen molar-refractivity contribution in [2.45, 2.75) is 45.6 Å². The van der Waals surface area contributed by atoms with Gasteiger partial charge in [-0.15, -0.1) is 11.3 Å². The fourth-order valence-corrected chi connectivity index (χ4v) is 2.24. The quantitative estimate of drug-likeness (QED) is 0.867. The number of carbonyl (C=O) groups excluding carboxylic acids is 1. The first-order chi connectivity index (χ1) is 7.61.